The van der Waals surface area contributed by atoms with Crippen LogP contribution in [0.15, 0.2) is 12.4 Å². The molecule has 0 saturated heterocycles. The zero-order valence-electron chi connectivity index (χ0n) is 8.61. The summed E-state index contributed by atoms with van der Waals surface area (Å²) in [4.78, 5) is 7.25. The van der Waals surface area contributed by atoms with Crippen LogP contribution in [0.2, 0.25) is 0 Å². The molecule has 0 spiro atoms. The van der Waals surface area contributed by atoms with Crippen LogP contribution in [-0.4, -0.2) is 14.3 Å². The van der Waals surface area contributed by atoms with Crippen LogP contribution in [0.1, 0.15) is 24.4 Å². The van der Waals surface area contributed by atoms with E-state index in [4.69, 9.17) is 5.73 Å². The molecule has 0 fully saturated rings. The summed E-state index contributed by atoms with van der Waals surface area (Å²) in [5.74, 6) is 1.50. The van der Waals surface area contributed by atoms with Crippen molar-refractivity contribution in [2.45, 2.75) is 19.9 Å². The minimum Gasteiger partial charge on any atom is -0.383 e. The van der Waals surface area contributed by atoms with E-state index in [1.807, 2.05) is 13.8 Å². The van der Waals surface area contributed by atoms with E-state index < -0.39 is 0 Å². The largest absolute Gasteiger partial charge is 0.383 e. The van der Waals surface area contributed by atoms with Crippen LogP contribution >= 0.6 is 11.5 Å². The summed E-state index contributed by atoms with van der Waals surface area (Å²) in [6.07, 6.45) is 3.54. The first kappa shape index (κ1) is 9.97. The molecule has 0 aliphatic rings. The Hall–Kier alpha value is -1.56. The lowest BCUT2D eigenvalue weighted by Gasteiger charge is -2.11. The van der Waals surface area contributed by atoms with Crippen molar-refractivity contribution in [3.05, 3.63) is 23.8 Å². The number of H-pyrrole nitrogens is 1. The highest BCUT2D eigenvalue weighted by atomic mass is 32.1. The number of hydrogen-bond donors (Lipinski definition) is 3. The number of imidazole rings is 1. The fourth-order valence-corrected chi connectivity index (χ4v) is 2.06. The normalized spacial score (nSPS) is 12.7. The quantitative estimate of drug-likeness (QED) is 0.742. The number of nitrogen functional groups attached to an aromatic ring is 1. The fourth-order valence-electron chi connectivity index (χ4n) is 1.26. The Labute approximate surface area is 91.9 Å². The third kappa shape index (κ3) is 1.94. The van der Waals surface area contributed by atoms with E-state index in [1.165, 1.54) is 11.5 Å². The van der Waals surface area contributed by atoms with Crippen molar-refractivity contribution in [1.82, 2.24) is 14.3 Å². The van der Waals surface area contributed by atoms with Gasteiger partial charge in [-0.15, -0.1) is 0 Å². The molecule has 0 radical (unpaired) electrons. The minimum atomic E-state index is 0.124. The molecule has 2 aromatic heterocycles. The first-order valence-electron chi connectivity index (χ1n) is 4.66. The maximum absolute atomic E-state index is 5.67. The standard InChI is InChI=1S/C9H13N5S/c1-5-7(10)14-15-9(5)13-6(2)8-11-3-4-12-8/h3-4,6,13H,1-2H3,(H2,10,14)(H,11,12). The zero-order chi connectivity index (χ0) is 10.8. The van der Waals surface area contributed by atoms with Crippen LogP contribution in [0, 0.1) is 6.92 Å². The molecule has 5 nitrogen and oxygen atoms in total. The van der Waals surface area contributed by atoms with Crippen LogP contribution in [0.25, 0.3) is 0 Å². The third-order valence-electron chi connectivity index (χ3n) is 2.24. The molecular formula is C9H13N5S. The number of rotatable bonds is 3. The number of hydrogen-bond acceptors (Lipinski definition) is 5. The van der Waals surface area contributed by atoms with Crippen molar-refractivity contribution in [1.29, 1.82) is 0 Å². The van der Waals surface area contributed by atoms with Gasteiger partial charge in [0, 0.05) is 18.0 Å². The molecule has 80 valence electrons. The minimum absolute atomic E-state index is 0.124. The molecule has 2 aromatic rings. The first-order chi connectivity index (χ1) is 7.18. The Balaban J connectivity index is 2.12. The van der Waals surface area contributed by atoms with Crippen molar-refractivity contribution >= 4 is 22.4 Å². The Morgan fingerprint density at radius 3 is 2.93 bits per heavy atom. The number of anilines is 2. The second kappa shape index (κ2) is 3.90. The molecule has 0 saturated carbocycles. The summed E-state index contributed by atoms with van der Waals surface area (Å²) < 4.78 is 4.08. The van der Waals surface area contributed by atoms with E-state index in [9.17, 15) is 0 Å². The lowest BCUT2D eigenvalue weighted by Crippen LogP contribution is -2.08. The molecule has 15 heavy (non-hydrogen) atoms. The van der Waals surface area contributed by atoms with Gasteiger partial charge in [-0.05, 0) is 25.4 Å². The van der Waals surface area contributed by atoms with Crippen LogP contribution in [0.3, 0.4) is 0 Å². The lowest BCUT2D eigenvalue weighted by atomic mass is 10.3. The number of nitrogens with zero attached hydrogens (tertiary/aromatic N) is 2. The Morgan fingerprint density at radius 2 is 2.40 bits per heavy atom. The van der Waals surface area contributed by atoms with Crippen LogP contribution in [-0.2, 0) is 0 Å². The SMILES string of the molecule is Cc1c(N)nsc1NC(C)c1ncc[nH]1. The van der Waals surface area contributed by atoms with Crippen molar-refractivity contribution in [2.75, 3.05) is 11.1 Å². The van der Waals surface area contributed by atoms with E-state index in [1.54, 1.807) is 12.4 Å². The smallest absolute Gasteiger partial charge is 0.142 e. The molecule has 0 aliphatic carbocycles. The van der Waals surface area contributed by atoms with Crippen LogP contribution in [0.4, 0.5) is 10.8 Å². The van der Waals surface area contributed by atoms with Crippen molar-refractivity contribution in [3.63, 3.8) is 0 Å². The van der Waals surface area contributed by atoms with Gasteiger partial charge in [0.05, 0.1) is 6.04 Å². The highest BCUT2D eigenvalue weighted by molar-refractivity contribution is 7.10. The predicted molar refractivity (Wildman–Crippen MR) is 61.9 cm³/mol. The molecule has 2 heterocycles. The van der Waals surface area contributed by atoms with E-state index in [-0.39, 0.29) is 6.04 Å². The van der Waals surface area contributed by atoms with E-state index in [2.05, 4.69) is 19.7 Å². The first-order valence-corrected chi connectivity index (χ1v) is 5.43. The average molecular weight is 223 g/mol. The summed E-state index contributed by atoms with van der Waals surface area (Å²) in [7, 11) is 0. The maximum Gasteiger partial charge on any atom is 0.142 e. The van der Waals surface area contributed by atoms with Crippen LogP contribution in [0.5, 0.6) is 0 Å². The summed E-state index contributed by atoms with van der Waals surface area (Å²) in [6, 6.07) is 0.124. The van der Waals surface area contributed by atoms with Gasteiger partial charge in [-0.1, -0.05) is 0 Å². The van der Waals surface area contributed by atoms with E-state index >= 15 is 0 Å². The average Bonchev–Trinajstić information content (AvgIpc) is 2.83. The van der Waals surface area contributed by atoms with Crippen LogP contribution < -0.4 is 11.1 Å². The Kier molecular flexibility index (Phi) is 2.59. The van der Waals surface area contributed by atoms with Crippen molar-refractivity contribution in [3.8, 4) is 0 Å². The second-order valence-corrected chi connectivity index (χ2v) is 4.14. The zero-order valence-corrected chi connectivity index (χ0v) is 9.43. The highest BCUT2D eigenvalue weighted by Crippen LogP contribution is 2.28. The Morgan fingerprint density at radius 1 is 1.60 bits per heavy atom. The van der Waals surface area contributed by atoms with Gasteiger partial charge in [-0.3, -0.25) is 0 Å². The lowest BCUT2D eigenvalue weighted by molar-refractivity contribution is 0.812. The maximum atomic E-state index is 5.67. The fraction of sp³-hybridized carbons (Fsp3) is 0.333. The second-order valence-electron chi connectivity index (χ2n) is 3.36. The summed E-state index contributed by atoms with van der Waals surface area (Å²) in [5.41, 5.74) is 6.67. The van der Waals surface area contributed by atoms with Crippen molar-refractivity contribution < 1.29 is 0 Å². The van der Waals surface area contributed by atoms with Gasteiger partial charge >= 0.3 is 0 Å². The van der Waals surface area contributed by atoms with Gasteiger partial charge in [0.25, 0.3) is 0 Å². The summed E-state index contributed by atoms with van der Waals surface area (Å²) in [6.45, 7) is 3.99. The number of nitrogens with two attached hydrogens (primary N) is 1. The molecule has 0 aromatic carbocycles. The predicted octanol–water partition coefficient (Wildman–Crippen LogP) is 1.93. The van der Waals surface area contributed by atoms with Crippen molar-refractivity contribution in [2.24, 2.45) is 0 Å². The highest BCUT2D eigenvalue weighted by Gasteiger charge is 2.12. The van der Waals surface area contributed by atoms with E-state index in [0.717, 1.165) is 16.4 Å². The van der Waals surface area contributed by atoms with Gasteiger partial charge in [0.2, 0.25) is 0 Å². The van der Waals surface area contributed by atoms with Gasteiger partial charge in [0.15, 0.2) is 0 Å². The number of aromatic amines is 1. The molecule has 1 unspecified atom stereocenters. The molecule has 0 aliphatic heterocycles. The molecule has 4 N–H and O–H groups in total. The molecular weight excluding hydrogens is 210 g/mol. The van der Waals surface area contributed by atoms with E-state index in [0.29, 0.717) is 5.82 Å². The van der Waals surface area contributed by atoms with Gasteiger partial charge in [-0.25, -0.2) is 4.98 Å². The molecule has 6 heteroatoms. The molecule has 2 rings (SSSR count). The molecule has 1 atom stereocenters. The number of nitrogens with one attached hydrogen (secondary N) is 2. The number of aromatic nitrogens is 3. The third-order valence-corrected chi connectivity index (χ3v) is 3.13. The van der Waals surface area contributed by atoms with Gasteiger partial charge < -0.3 is 16.0 Å². The topological polar surface area (TPSA) is 79.6 Å². The summed E-state index contributed by atoms with van der Waals surface area (Å²) >= 11 is 1.37. The summed E-state index contributed by atoms with van der Waals surface area (Å²) in [5, 5.41) is 4.31. The monoisotopic (exact) mass is 223 g/mol. The Bertz CT molecular complexity index is 433. The van der Waals surface area contributed by atoms with Gasteiger partial charge in [0.1, 0.15) is 16.6 Å². The van der Waals surface area contributed by atoms with Gasteiger partial charge in [-0.2, -0.15) is 4.37 Å². The molecule has 0 bridgehead atoms. The molecule has 0 amide bonds.